The number of piperidine rings is 1. The largest absolute Gasteiger partial charge is 0.312 e. The molecule has 2 rings (SSSR count). The van der Waals surface area contributed by atoms with Crippen molar-refractivity contribution in [2.24, 2.45) is 5.41 Å². The highest BCUT2D eigenvalue weighted by molar-refractivity contribution is 9.10. The van der Waals surface area contributed by atoms with Crippen LogP contribution in [0.3, 0.4) is 0 Å². The van der Waals surface area contributed by atoms with Crippen LogP contribution in [0, 0.1) is 5.41 Å². The Hall–Kier alpha value is -0.210. The molecule has 1 aliphatic heterocycles. The van der Waals surface area contributed by atoms with Crippen molar-refractivity contribution < 1.29 is 8.42 Å². The van der Waals surface area contributed by atoms with E-state index in [1.807, 2.05) is 0 Å². The summed E-state index contributed by atoms with van der Waals surface area (Å²) in [7, 11) is -3.51. The Morgan fingerprint density at radius 1 is 1.48 bits per heavy atom. The molecule has 1 aliphatic rings. The van der Waals surface area contributed by atoms with Crippen LogP contribution in [-0.4, -0.2) is 32.5 Å². The van der Waals surface area contributed by atoms with Gasteiger partial charge >= 0.3 is 0 Å². The van der Waals surface area contributed by atoms with E-state index in [2.05, 4.69) is 44.8 Å². The number of rotatable bonds is 4. The summed E-state index contributed by atoms with van der Waals surface area (Å²) in [6, 6.07) is 1.69. The number of hydrogen-bond donors (Lipinski definition) is 2. The third kappa shape index (κ3) is 4.89. The highest BCUT2D eigenvalue weighted by atomic mass is 79.9. The van der Waals surface area contributed by atoms with Crippen molar-refractivity contribution in [3.8, 4) is 0 Å². The lowest BCUT2D eigenvalue weighted by atomic mass is 9.78. The van der Waals surface area contributed by atoms with Crippen molar-refractivity contribution >= 4 is 38.4 Å². The lowest BCUT2D eigenvalue weighted by Gasteiger charge is -2.39. The smallest absolute Gasteiger partial charge is 0.242 e. The molecule has 1 atom stereocenters. The fourth-order valence-corrected chi connectivity index (χ4v) is 3.99. The van der Waals surface area contributed by atoms with Crippen molar-refractivity contribution in [1.82, 2.24) is 15.0 Å². The van der Waals surface area contributed by atoms with Gasteiger partial charge in [-0.25, -0.2) is 13.1 Å². The van der Waals surface area contributed by atoms with Crippen LogP contribution in [-0.2, 0) is 10.0 Å². The van der Waals surface area contributed by atoms with Gasteiger partial charge in [0.05, 0.1) is 0 Å². The maximum atomic E-state index is 12.2. The Morgan fingerprint density at radius 2 is 2.19 bits per heavy atom. The highest BCUT2D eigenvalue weighted by Gasteiger charge is 2.32. The van der Waals surface area contributed by atoms with Crippen molar-refractivity contribution in [2.75, 3.05) is 13.1 Å². The fraction of sp³-hybridized carbons (Fsp3) is 0.615. The summed E-state index contributed by atoms with van der Waals surface area (Å²) in [5.74, 6) is 0. The number of sulfonamides is 1. The molecule has 21 heavy (non-hydrogen) atoms. The summed E-state index contributed by atoms with van der Waals surface area (Å²) in [4.78, 5) is 4.07. The summed E-state index contributed by atoms with van der Waals surface area (Å²) in [6.07, 6.45) is 5.15. The average molecular weight is 399 g/mol. The second kappa shape index (κ2) is 7.37. The second-order valence-electron chi connectivity index (χ2n) is 5.79. The minimum absolute atomic E-state index is 0. The summed E-state index contributed by atoms with van der Waals surface area (Å²) in [5.41, 5.74) is 0.0935. The molecule has 0 amide bonds. The predicted molar refractivity (Wildman–Crippen MR) is 89.2 cm³/mol. The number of hydrogen-bond acceptors (Lipinski definition) is 4. The third-order valence-electron chi connectivity index (χ3n) is 3.80. The van der Waals surface area contributed by atoms with E-state index in [1.165, 1.54) is 6.20 Å². The van der Waals surface area contributed by atoms with E-state index in [1.54, 1.807) is 12.3 Å². The molecule has 8 heteroatoms. The van der Waals surface area contributed by atoms with Crippen molar-refractivity contribution in [3.05, 3.63) is 22.9 Å². The van der Waals surface area contributed by atoms with Gasteiger partial charge in [-0.1, -0.05) is 13.8 Å². The van der Waals surface area contributed by atoms with E-state index in [0.717, 1.165) is 19.4 Å². The van der Waals surface area contributed by atoms with E-state index < -0.39 is 10.0 Å². The molecule has 0 spiro atoms. The lowest BCUT2D eigenvalue weighted by molar-refractivity contribution is 0.181. The molecule has 0 radical (unpaired) electrons. The Bertz CT molecular complexity index is 581. The van der Waals surface area contributed by atoms with Gasteiger partial charge in [-0.05, 0) is 46.8 Å². The Morgan fingerprint density at radius 3 is 2.81 bits per heavy atom. The maximum absolute atomic E-state index is 12.2. The first-order valence-corrected chi connectivity index (χ1v) is 8.92. The summed E-state index contributed by atoms with van der Waals surface area (Å²) < 4.78 is 27.8. The van der Waals surface area contributed by atoms with Crippen molar-refractivity contribution in [3.63, 3.8) is 0 Å². The summed E-state index contributed by atoms with van der Waals surface area (Å²) >= 11 is 3.23. The second-order valence-corrected chi connectivity index (χ2v) is 8.47. The van der Waals surface area contributed by atoms with Crippen molar-refractivity contribution in [1.29, 1.82) is 0 Å². The number of nitrogens with zero attached hydrogens (tertiary/aromatic N) is 1. The van der Waals surface area contributed by atoms with E-state index in [4.69, 9.17) is 0 Å². The number of pyridine rings is 1. The minimum atomic E-state index is -3.51. The van der Waals surface area contributed by atoms with Crippen LogP contribution in [0.25, 0.3) is 0 Å². The summed E-state index contributed by atoms with van der Waals surface area (Å²) in [5, 5.41) is 3.39. The Labute approximate surface area is 140 Å². The van der Waals surface area contributed by atoms with Crippen molar-refractivity contribution in [2.45, 2.75) is 37.6 Å². The van der Waals surface area contributed by atoms with Crippen LogP contribution in [0.4, 0.5) is 0 Å². The topological polar surface area (TPSA) is 71.1 Å². The van der Waals surface area contributed by atoms with Gasteiger partial charge in [0.15, 0.2) is 0 Å². The van der Waals surface area contributed by atoms with Crippen LogP contribution in [0.2, 0.25) is 0 Å². The molecule has 1 aromatic heterocycles. The van der Waals surface area contributed by atoms with Gasteiger partial charge < -0.3 is 5.32 Å². The molecule has 1 fully saturated rings. The molecule has 0 aromatic carbocycles. The number of nitrogens with one attached hydrogen (secondary N) is 2. The molecule has 0 saturated carbocycles. The van der Waals surface area contributed by atoms with Gasteiger partial charge in [0.25, 0.3) is 0 Å². The van der Waals surface area contributed by atoms with Gasteiger partial charge in [0, 0.05) is 29.5 Å². The molecule has 1 unspecified atom stereocenters. The Kier molecular flexibility index (Phi) is 6.61. The molecule has 0 aliphatic carbocycles. The average Bonchev–Trinajstić information content (AvgIpc) is 2.37. The Balaban J connectivity index is 0.00000220. The van der Waals surface area contributed by atoms with Crippen LogP contribution >= 0.6 is 28.3 Å². The highest BCUT2D eigenvalue weighted by Crippen LogP contribution is 2.29. The molecule has 2 N–H and O–H groups in total. The zero-order chi connectivity index (χ0) is 14.8. The number of aromatic nitrogens is 1. The third-order valence-corrected chi connectivity index (χ3v) is 5.62. The molecule has 0 bridgehead atoms. The molecule has 1 saturated heterocycles. The number of halogens is 2. The monoisotopic (exact) mass is 397 g/mol. The van der Waals surface area contributed by atoms with Gasteiger partial charge in [0.1, 0.15) is 4.90 Å². The van der Waals surface area contributed by atoms with Crippen LogP contribution in [0.1, 0.15) is 26.7 Å². The molecular formula is C13H21BrClN3O2S. The van der Waals surface area contributed by atoms with E-state index in [0.29, 0.717) is 11.0 Å². The molecular weight excluding hydrogens is 378 g/mol. The van der Waals surface area contributed by atoms with E-state index in [9.17, 15) is 8.42 Å². The standard InChI is InChI=1S/C13H20BrN3O2S.ClH/c1-13(2)4-3-5-16-12(13)9-17-20(18,19)11-6-10(14)7-15-8-11;/h6-8,12,16-17H,3-5,9H2,1-2H3;1H. The lowest BCUT2D eigenvalue weighted by Crippen LogP contribution is -2.52. The fourth-order valence-electron chi connectivity index (χ4n) is 2.43. The van der Waals surface area contributed by atoms with E-state index >= 15 is 0 Å². The van der Waals surface area contributed by atoms with Crippen LogP contribution in [0.15, 0.2) is 27.8 Å². The molecule has 1 aromatic rings. The van der Waals surface area contributed by atoms with E-state index in [-0.39, 0.29) is 28.8 Å². The van der Waals surface area contributed by atoms with Crippen LogP contribution in [0.5, 0.6) is 0 Å². The quantitative estimate of drug-likeness (QED) is 0.816. The first-order chi connectivity index (χ1) is 9.31. The first-order valence-electron chi connectivity index (χ1n) is 6.65. The predicted octanol–water partition coefficient (Wildman–Crippen LogP) is 2.32. The van der Waals surface area contributed by atoms with Gasteiger partial charge in [-0.3, -0.25) is 4.98 Å². The van der Waals surface area contributed by atoms with Crippen LogP contribution < -0.4 is 10.0 Å². The molecule has 120 valence electrons. The molecule has 2 heterocycles. The maximum Gasteiger partial charge on any atom is 0.242 e. The summed E-state index contributed by atoms with van der Waals surface area (Å²) in [6.45, 7) is 5.66. The zero-order valence-corrected chi connectivity index (χ0v) is 15.3. The SMILES string of the molecule is CC1(C)CCCNC1CNS(=O)(=O)c1cncc(Br)c1.Cl. The zero-order valence-electron chi connectivity index (χ0n) is 12.1. The first kappa shape index (κ1) is 18.8. The van der Waals surface area contributed by atoms with Gasteiger partial charge in [0.2, 0.25) is 10.0 Å². The van der Waals surface area contributed by atoms with Gasteiger partial charge in [-0.15, -0.1) is 12.4 Å². The molecule has 5 nitrogen and oxygen atoms in total. The minimum Gasteiger partial charge on any atom is -0.312 e. The normalized spacial score (nSPS) is 21.6. The van der Waals surface area contributed by atoms with Gasteiger partial charge in [-0.2, -0.15) is 0 Å².